The third kappa shape index (κ3) is 5.01. The van der Waals surface area contributed by atoms with Gasteiger partial charge in [-0.3, -0.25) is 14.8 Å². The van der Waals surface area contributed by atoms with Crippen LogP contribution in [0, 0.1) is 4.91 Å². The third-order valence-electron chi connectivity index (χ3n) is 2.63. The maximum absolute atomic E-state index is 10.9. The Labute approximate surface area is 117 Å². The van der Waals surface area contributed by atoms with Crippen LogP contribution in [0.5, 0.6) is 0 Å². The maximum atomic E-state index is 10.9. The van der Waals surface area contributed by atoms with Crippen LogP contribution < -0.4 is 0 Å². The molecule has 0 saturated carbocycles. The van der Waals surface area contributed by atoms with Gasteiger partial charge >= 0.3 is 0 Å². The van der Waals surface area contributed by atoms with Crippen molar-refractivity contribution < 1.29 is 9.37 Å². The van der Waals surface area contributed by atoms with Gasteiger partial charge in [-0.05, 0) is 6.92 Å². The van der Waals surface area contributed by atoms with Crippen LogP contribution in [-0.2, 0) is 4.79 Å². The predicted molar refractivity (Wildman–Crippen MR) is 77.1 cm³/mol. The van der Waals surface area contributed by atoms with E-state index in [1.54, 1.807) is 18.6 Å². The topological polar surface area (TPSA) is 75.3 Å². The number of allylic oxidation sites excluding steroid dienone is 3. The van der Waals surface area contributed by atoms with E-state index in [-0.39, 0.29) is 6.42 Å². The lowest BCUT2D eigenvalue weighted by Gasteiger charge is -1.99. The number of nitrogens with zero attached hydrogens (tertiary/aromatic N) is 4. The highest BCUT2D eigenvalue weighted by Crippen LogP contribution is 2.11. The van der Waals surface area contributed by atoms with Crippen LogP contribution in [0.1, 0.15) is 26.0 Å². The van der Waals surface area contributed by atoms with Gasteiger partial charge in [0.05, 0.1) is 18.3 Å². The van der Waals surface area contributed by atoms with Gasteiger partial charge in [0.25, 0.3) is 5.91 Å². The number of hydrogen-bond acceptors (Lipinski definition) is 4. The molecule has 6 nitrogen and oxygen atoms in total. The fraction of sp³-hybridized carbons (Fsp3) is 0.286. The Hall–Kier alpha value is -2.50. The van der Waals surface area contributed by atoms with E-state index in [2.05, 4.69) is 15.1 Å². The average molecular weight is 273 g/mol. The van der Waals surface area contributed by atoms with E-state index >= 15 is 0 Å². The summed E-state index contributed by atoms with van der Waals surface area (Å²) < 4.78 is 1.81. The number of carbonyl (C=O) groups is 1. The first-order valence-electron chi connectivity index (χ1n) is 6.23. The molecule has 1 aromatic rings. The van der Waals surface area contributed by atoms with Gasteiger partial charge in [0.1, 0.15) is 6.21 Å². The second-order valence-corrected chi connectivity index (χ2v) is 3.88. The Morgan fingerprint density at radius 2 is 2.20 bits per heavy atom. The van der Waals surface area contributed by atoms with Crippen LogP contribution in [-0.4, -0.2) is 33.2 Å². The van der Waals surface area contributed by atoms with E-state index in [0.717, 1.165) is 11.3 Å². The van der Waals surface area contributed by atoms with Crippen LogP contribution in [0.2, 0.25) is 0 Å². The number of amides is 1. The van der Waals surface area contributed by atoms with Gasteiger partial charge in [-0.25, -0.2) is 4.58 Å². The molecule has 0 bridgehead atoms. The Morgan fingerprint density at radius 3 is 2.75 bits per heavy atom. The smallest absolute Gasteiger partial charge is 0.269 e. The first-order chi connectivity index (χ1) is 9.71. The Balaban J connectivity index is 2.73. The van der Waals surface area contributed by atoms with Gasteiger partial charge in [0.15, 0.2) is 12.7 Å². The van der Waals surface area contributed by atoms with Crippen LogP contribution >= 0.6 is 0 Å². The van der Waals surface area contributed by atoms with Crippen LogP contribution in [0.25, 0.3) is 5.57 Å². The maximum Gasteiger partial charge on any atom is 0.292 e. The first kappa shape index (κ1) is 15.6. The van der Waals surface area contributed by atoms with E-state index in [0.29, 0.717) is 6.54 Å². The van der Waals surface area contributed by atoms with Crippen molar-refractivity contribution >= 4 is 17.7 Å². The number of carbonyl (C=O) groups excluding carboxylic acids is 1. The van der Waals surface area contributed by atoms with Crippen molar-refractivity contribution in [3.05, 3.63) is 47.5 Å². The Bertz CT molecular complexity index is 548. The minimum absolute atomic E-state index is 0.0918. The molecule has 0 spiro atoms. The minimum Gasteiger partial charge on any atom is -0.269 e. The molecule has 1 rings (SSSR count). The molecule has 0 fully saturated rings. The molecule has 0 radical (unpaired) electrons. The van der Waals surface area contributed by atoms with Crippen molar-refractivity contribution in [1.82, 2.24) is 9.97 Å². The quantitative estimate of drug-likeness (QED) is 0.344. The van der Waals surface area contributed by atoms with Crippen molar-refractivity contribution in [2.75, 3.05) is 6.54 Å². The van der Waals surface area contributed by atoms with E-state index < -0.39 is 5.91 Å². The van der Waals surface area contributed by atoms with Gasteiger partial charge in [-0.15, -0.1) is 4.91 Å². The molecule has 0 saturated heterocycles. The predicted octanol–water partition coefficient (Wildman–Crippen LogP) is 2.18. The molecule has 1 aromatic heterocycles. The van der Waals surface area contributed by atoms with Crippen molar-refractivity contribution in [2.45, 2.75) is 20.3 Å². The molecule has 0 aliphatic rings. The van der Waals surface area contributed by atoms with Gasteiger partial charge in [0, 0.05) is 36.1 Å². The molecule has 6 heteroatoms. The monoisotopic (exact) mass is 273 g/mol. The molecule has 0 unspecified atom stereocenters. The number of hydrogen-bond donors (Lipinski definition) is 0. The second-order valence-electron chi connectivity index (χ2n) is 3.88. The summed E-state index contributed by atoms with van der Waals surface area (Å²) in [5.74, 6) is -0.648. The lowest BCUT2D eigenvalue weighted by atomic mass is 10.2. The van der Waals surface area contributed by atoms with Gasteiger partial charge in [-0.1, -0.05) is 6.08 Å². The zero-order valence-corrected chi connectivity index (χ0v) is 11.6. The zero-order valence-electron chi connectivity index (χ0n) is 11.6. The van der Waals surface area contributed by atoms with E-state index in [1.807, 2.05) is 43.0 Å². The summed E-state index contributed by atoms with van der Waals surface area (Å²) in [5, 5.41) is 2.37. The molecule has 1 amide bonds. The van der Waals surface area contributed by atoms with Crippen LogP contribution in [0.15, 0.2) is 42.1 Å². The van der Waals surface area contributed by atoms with Crippen LogP contribution in [0.3, 0.4) is 0 Å². The van der Waals surface area contributed by atoms with Crippen molar-refractivity contribution in [3.8, 4) is 0 Å². The van der Waals surface area contributed by atoms with Gasteiger partial charge in [-0.2, -0.15) is 0 Å². The SMILES string of the molecule is CC=[N+](/C=C\C(=C/C)c1cnccn1)CCC(=O)N=O. The van der Waals surface area contributed by atoms with E-state index in [1.165, 1.54) is 0 Å². The van der Waals surface area contributed by atoms with Crippen molar-refractivity contribution in [2.24, 2.45) is 5.18 Å². The first-order valence-corrected chi connectivity index (χ1v) is 6.23. The molecular weight excluding hydrogens is 256 g/mol. The Kier molecular flexibility index (Phi) is 6.67. The zero-order chi connectivity index (χ0) is 14.8. The highest BCUT2D eigenvalue weighted by molar-refractivity contribution is 5.76. The summed E-state index contributed by atoms with van der Waals surface area (Å²) in [6, 6.07) is 0. The lowest BCUT2D eigenvalue weighted by molar-refractivity contribution is -0.451. The third-order valence-corrected chi connectivity index (χ3v) is 2.63. The van der Waals surface area contributed by atoms with Crippen molar-refractivity contribution in [3.63, 3.8) is 0 Å². The normalized spacial score (nSPS) is 12.7. The number of rotatable bonds is 6. The number of aromatic nitrogens is 2. The summed E-state index contributed by atoms with van der Waals surface area (Å²) in [6.07, 6.45) is 12.5. The van der Waals surface area contributed by atoms with Gasteiger partial charge in [0.2, 0.25) is 0 Å². The molecule has 0 aliphatic heterocycles. The lowest BCUT2D eigenvalue weighted by Crippen LogP contribution is -2.10. The fourth-order valence-corrected chi connectivity index (χ4v) is 1.51. The van der Waals surface area contributed by atoms with E-state index in [4.69, 9.17) is 0 Å². The minimum atomic E-state index is -0.648. The fourth-order valence-electron chi connectivity index (χ4n) is 1.51. The molecular formula is C14H17N4O2+. The van der Waals surface area contributed by atoms with Gasteiger partial charge < -0.3 is 0 Å². The highest BCUT2D eigenvalue weighted by Gasteiger charge is 2.06. The molecule has 104 valence electrons. The second kappa shape index (κ2) is 8.58. The van der Waals surface area contributed by atoms with Crippen molar-refractivity contribution in [1.29, 1.82) is 0 Å². The highest BCUT2D eigenvalue weighted by atomic mass is 16.3. The standard InChI is InChI=1S/C14H17N4O2/c1-3-12(13-11-15-7-8-16-13)5-9-18(4-2)10-6-14(19)17-20/h3-5,7-9,11H,6,10H2,1-2H3/q+1/b9-5-,12-3+,18-4?. The largest absolute Gasteiger partial charge is 0.292 e. The molecule has 1 heterocycles. The van der Waals surface area contributed by atoms with E-state index in [9.17, 15) is 9.70 Å². The molecule has 20 heavy (non-hydrogen) atoms. The molecule has 0 aromatic carbocycles. The average Bonchev–Trinajstić information content (AvgIpc) is 2.51. The summed E-state index contributed by atoms with van der Waals surface area (Å²) in [4.78, 5) is 29.1. The summed E-state index contributed by atoms with van der Waals surface area (Å²) in [5.41, 5.74) is 1.69. The van der Waals surface area contributed by atoms with Crippen LogP contribution in [0.4, 0.5) is 0 Å². The molecule has 0 aliphatic carbocycles. The molecule has 0 N–H and O–H groups in total. The molecule has 0 atom stereocenters. The summed E-state index contributed by atoms with van der Waals surface area (Å²) in [7, 11) is 0. The summed E-state index contributed by atoms with van der Waals surface area (Å²) in [6.45, 7) is 4.17. The Morgan fingerprint density at radius 1 is 1.40 bits per heavy atom. The number of nitroso groups, excluding NO2 is 1. The summed E-state index contributed by atoms with van der Waals surface area (Å²) >= 11 is 0.